The van der Waals surface area contributed by atoms with E-state index >= 15 is 0 Å². The van der Waals surface area contributed by atoms with Crippen molar-refractivity contribution in [2.75, 3.05) is 18.4 Å². The first-order chi connectivity index (χ1) is 8.16. The molecule has 1 aromatic rings. The molecule has 7 nitrogen and oxygen atoms in total. The third kappa shape index (κ3) is 2.98. The lowest BCUT2D eigenvalue weighted by atomic mass is 10.2. The first-order valence-corrected chi connectivity index (χ1v) is 6.14. The number of nitrogens with one attached hydrogen (secondary N) is 1. The second-order valence-corrected chi connectivity index (χ2v) is 4.66. The minimum Gasteiger partial charge on any atom is -0.368 e. The fraction of sp³-hybridized carbons (Fsp3) is 0.556. The summed E-state index contributed by atoms with van der Waals surface area (Å²) in [5.41, 5.74) is 6.81. The Labute approximate surface area is 102 Å². The van der Waals surface area contributed by atoms with Crippen LogP contribution >= 0.6 is 11.3 Å². The molecule has 1 unspecified atom stereocenters. The number of hydrogen-bond donors (Lipinski definition) is 2. The van der Waals surface area contributed by atoms with Gasteiger partial charge in [-0.15, -0.1) is 10.2 Å². The van der Waals surface area contributed by atoms with Crippen LogP contribution in [0, 0.1) is 0 Å². The predicted octanol–water partition coefficient (Wildman–Crippen LogP) is -0.574. The molecule has 0 spiro atoms. The van der Waals surface area contributed by atoms with Gasteiger partial charge in [0.15, 0.2) is 0 Å². The number of anilines is 1. The molecular formula is C9H13N5O2S. The molecule has 3 N–H and O–H groups in total. The molecule has 1 aromatic heterocycles. The molecule has 2 rings (SSSR count). The zero-order chi connectivity index (χ0) is 12.3. The normalized spacial score (nSPS) is 20.4. The summed E-state index contributed by atoms with van der Waals surface area (Å²) >= 11 is 1.25. The van der Waals surface area contributed by atoms with E-state index in [0.717, 1.165) is 19.4 Å². The van der Waals surface area contributed by atoms with Crippen molar-refractivity contribution < 1.29 is 9.59 Å². The third-order valence-corrected chi connectivity index (χ3v) is 3.25. The van der Waals surface area contributed by atoms with Crippen molar-refractivity contribution in [3.63, 3.8) is 0 Å². The monoisotopic (exact) mass is 255 g/mol. The fourth-order valence-corrected chi connectivity index (χ4v) is 2.37. The van der Waals surface area contributed by atoms with Gasteiger partial charge >= 0.3 is 0 Å². The second-order valence-electron chi connectivity index (χ2n) is 3.82. The van der Waals surface area contributed by atoms with Crippen molar-refractivity contribution in [3.8, 4) is 0 Å². The summed E-state index contributed by atoms with van der Waals surface area (Å²) in [5.74, 6) is -0.568. The van der Waals surface area contributed by atoms with Gasteiger partial charge in [0.1, 0.15) is 5.51 Å². The molecule has 17 heavy (non-hydrogen) atoms. The Balaban J connectivity index is 1.88. The van der Waals surface area contributed by atoms with E-state index in [1.165, 1.54) is 16.8 Å². The highest BCUT2D eigenvalue weighted by molar-refractivity contribution is 7.13. The molecule has 1 fully saturated rings. The Morgan fingerprint density at radius 1 is 1.65 bits per heavy atom. The van der Waals surface area contributed by atoms with Crippen molar-refractivity contribution in [1.29, 1.82) is 0 Å². The van der Waals surface area contributed by atoms with Crippen LogP contribution in [0.4, 0.5) is 5.13 Å². The van der Waals surface area contributed by atoms with E-state index in [1.54, 1.807) is 4.90 Å². The van der Waals surface area contributed by atoms with Gasteiger partial charge in [-0.05, 0) is 19.4 Å². The standard InChI is InChI=1S/C9H13N5O2S/c10-8(16)6-2-1-3-14(6)4-7(15)12-9-13-11-5-17-9/h5-6H,1-4H2,(H2,10,16)(H,12,13,15). The fourth-order valence-electron chi connectivity index (χ4n) is 1.91. The van der Waals surface area contributed by atoms with Gasteiger partial charge in [-0.1, -0.05) is 11.3 Å². The number of nitrogens with two attached hydrogens (primary N) is 1. The highest BCUT2D eigenvalue weighted by Crippen LogP contribution is 2.16. The van der Waals surface area contributed by atoms with Crippen molar-refractivity contribution in [2.24, 2.45) is 5.73 Å². The lowest BCUT2D eigenvalue weighted by Crippen LogP contribution is -2.43. The first kappa shape index (κ1) is 11.9. The van der Waals surface area contributed by atoms with Gasteiger partial charge in [-0.3, -0.25) is 19.8 Å². The van der Waals surface area contributed by atoms with Gasteiger partial charge in [0.05, 0.1) is 12.6 Å². The number of nitrogens with zero attached hydrogens (tertiary/aromatic N) is 3. The summed E-state index contributed by atoms with van der Waals surface area (Å²) in [6.07, 6.45) is 1.61. The Morgan fingerprint density at radius 3 is 3.12 bits per heavy atom. The second kappa shape index (κ2) is 5.19. The molecule has 1 aliphatic rings. The summed E-state index contributed by atoms with van der Waals surface area (Å²) in [4.78, 5) is 24.6. The lowest BCUT2D eigenvalue weighted by molar-refractivity contribution is -0.123. The van der Waals surface area contributed by atoms with Gasteiger partial charge in [-0.25, -0.2) is 0 Å². The van der Waals surface area contributed by atoms with Gasteiger partial charge in [0, 0.05) is 0 Å². The molecule has 1 saturated heterocycles. The summed E-state index contributed by atoms with van der Waals surface area (Å²) in [6, 6.07) is -0.324. The smallest absolute Gasteiger partial charge is 0.240 e. The maximum atomic E-state index is 11.7. The van der Waals surface area contributed by atoms with E-state index in [0.29, 0.717) is 5.13 Å². The minimum absolute atomic E-state index is 0.160. The third-order valence-electron chi connectivity index (χ3n) is 2.65. The van der Waals surface area contributed by atoms with Gasteiger partial charge < -0.3 is 5.73 Å². The topological polar surface area (TPSA) is 101 Å². The zero-order valence-electron chi connectivity index (χ0n) is 9.13. The molecule has 0 aromatic carbocycles. The number of aromatic nitrogens is 2. The Bertz CT molecular complexity index is 408. The van der Waals surface area contributed by atoms with Crippen molar-refractivity contribution in [1.82, 2.24) is 15.1 Å². The van der Waals surface area contributed by atoms with Crippen molar-refractivity contribution >= 4 is 28.3 Å². The Kier molecular flexibility index (Phi) is 3.64. The number of carbonyl (C=O) groups excluding carboxylic acids is 2. The molecule has 0 saturated carbocycles. The average Bonchev–Trinajstić information content (AvgIpc) is 2.88. The summed E-state index contributed by atoms with van der Waals surface area (Å²) in [6.45, 7) is 0.879. The SMILES string of the molecule is NC(=O)C1CCCN1CC(=O)Nc1nncs1. The van der Waals surface area contributed by atoms with Crippen LogP contribution in [0.1, 0.15) is 12.8 Å². The van der Waals surface area contributed by atoms with Gasteiger partial charge in [0.25, 0.3) is 0 Å². The highest BCUT2D eigenvalue weighted by Gasteiger charge is 2.30. The van der Waals surface area contributed by atoms with Crippen LogP contribution in [0.25, 0.3) is 0 Å². The van der Waals surface area contributed by atoms with E-state index in [1.807, 2.05) is 0 Å². The predicted molar refractivity (Wildman–Crippen MR) is 62.3 cm³/mol. The average molecular weight is 255 g/mol. The highest BCUT2D eigenvalue weighted by atomic mass is 32.1. The summed E-state index contributed by atoms with van der Waals surface area (Å²) in [7, 11) is 0. The number of amides is 2. The number of primary amides is 1. The van der Waals surface area contributed by atoms with Gasteiger partial charge in [0.2, 0.25) is 16.9 Å². The van der Waals surface area contributed by atoms with Crippen molar-refractivity contribution in [3.05, 3.63) is 5.51 Å². The molecule has 1 atom stereocenters. The quantitative estimate of drug-likeness (QED) is 0.750. The maximum Gasteiger partial charge on any atom is 0.240 e. The molecule has 92 valence electrons. The van der Waals surface area contributed by atoms with Crippen molar-refractivity contribution in [2.45, 2.75) is 18.9 Å². The van der Waals surface area contributed by atoms with Crippen LogP contribution in [0.5, 0.6) is 0 Å². The van der Waals surface area contributed by atoms with Crippen LogP contribution in [-0.4, -0.2) is 46.0 Å². The maximum absolute atomic E-state index is 11.7. The lowest BCUT2D eigenvalue weighted by Gasteiger charge is -2.20. The summed E-state index contributed by atoms with van der Waals surface area (Å²) < 4.78 is 0. The largest absolute Gasteiger partial charge is 0.368 e. The van der Waals surface area contributed by atoms with Crippen LogP contribution in [0.3, 0.4) is 0 Å². The number of hydrogen-bond acceptors (Lipinski definition) is 6. The Hall–Kier alpha value is -1.54. The van der Waals surface area contributed by atoms with Gasteiger partial charge in [-0.2, -0.15) is 0 Å². The zero-order valence-corrected chi connectivity index (χ0v) is 9.94. The Morgan fingerprint density at radius 2 is 2.47 bits per heavy atom. The molecule has 2 amide bonds. The molecule has 8 heteroatoms. The molecule has 2 heterocycles. The molecule has 0 aliphatic carbocycles. The van der Waals surface area contributed by atoms with E-state index in [9.17, 15) is 9.59 Å². The van der Waals surface area contributed by atoms with Crippen LogP contribution in [-0.2, 0) is 9.59 Å². The molecule has 0 radical (unpaired) electrons. The minimum atomic E-state index is -0.369. The number of likely N-dealkylation sites (tertiary alicyclic amines) is 1. The van der Waals surface area contributed by atoms with E-state index in [2.05, 4.69) is 15.5 Å². The molecular weight excluding hydrogens is 242 g/mol. The van der Waals surface area contributed by atoms with Crippen LogP contribution in [0.15, 0.2) is 5.51 Å². The number of carbonyl (C=O) groups is 2. The molecule has 0 bridgehead atoms. The molecule has 1 aliphatic heterocycles. The number of rotatable bonds is 4. The van der Waals surface area contributed by atoms with E-state index in [-0.39, 0.29) is 24.4 Å². The van der Waals surface area contributed by atoms with E-state index < -0.39 is 0 Å². The van der Waals surface area contributed by atoms with Crippen LogP contribution in [0.2, 0.25) is 0 Å². The van der Waals surface area contributed by atoms with Crippen LogP contribution < -0.4 is 11.1 Å². The summed E-state index contributed by atoms with van der Waals surface area (Å²) in [5, 5.41) is 10.4. The van der Waals surface area contributed by atoms with E-state index in [4.69, 9.17) is 5.73 Å². The first-order valence-electron chi connectivity index (χ1n) is 5.26.